The lowest BCUT2D eigenvalue weighted by molar-refractivity contribution is -0.142. The number of rotatable bonds is 11. The fourth-order valence-electron chi connectivity index (χ4n) is 1.52. The van der Waals surface area contributed by atoms with Crippen LogP contribution in [0.15, 0.2) is 0 Å². The first-order valence-corrected chi connectivity index (χ1v) is 8.94. The van der Waals surface area contributed by atoms with Gasteiger partial charge in [0.25, 0.3) is 0 Å². The van der Waals surface area contributed by atoms with Gasteiger partial charge in [-0.1, -0.05) is 35.4 Å². The third-order valence-corrected chi connectivity index (χ3v) is 5.41. The molecule has 20 heavy (non-hydrogen) atoms. The average molecular weight is 324 g/mol. The van der Waals surface area contributed by atoms with E-state index in [1.165, 1.54) is 0 Å². The van der Waals surface area contributed by atoms with Gasteiger partial charge in [0.05, 0.1) is 11.8 Å². The first-order chi connectivity index (χ1) is 9.23. The van der Waals surface area contributed by atoms with Crippen molar-refractivity contribution in [2.24, 2.45) is 23.3 Å². The molecule has 0 aromatic heterocycles. The van der Waals surface area contributed by atoms with Gasteiger partial charge in [-0.05, 0) is 12.8 Å². The molecule has 0 aromatic carbocycles. The summed E-state index contributed by atoms with van der Waals surface area (Å²) in [5.41, 5.74) is 11.7. The van der Waals surface area contributed by atoms with Crippen LogP contribution in [0.25, 0.3) is 0 Å². The molecule has 0 spiro atoms. The highest BCUT2D eigenvalue weighted by Gasteiger charge is 2.17. The minimum atomic E-state index is -0.831. The molecule has 118 valence electrons. The summed E-state index contributed by atoms with van der Waals surface area (Å²) in [7, 11) is 3.10. The van der Waals surface area contributed by atoms with Crippen molar-refractivity contribution in [2.75, 3.05) is 11.5 Å². The Kier molecular flexibility index (Phi) is 10.1. The molecule has 4 unspecified atom stereocenters. The average Bonchev–Trinajstić information content (AvgIpc) is 2.34. The standard InChI is InChI=1S/C12H24N2O4S2/c1-7(11(15)16)3-9(13)5-19-20-6-10(14)4-8(2)12(17)18/h7-10H,3-6,13-14H2,1-2H3,(H,15,16)(H,17,18). The summed E-state index contributed by atoms with van der Waals surface area (Å²) in [5.74, 6) is -1.22. The predicted molar refractivity (Wildman–Crippen MR) is 83.7 cm³/mol. The zero-order valence-corrected chi connectivity index (χ0v) is 13.5. The number of carboxylic acid groups (broad SMARTS) is 2. The fraction of sp³-hybridized carbons (Fsp3) is 0.833. The molecule has 0 aliphatic carbocycles. The maximum absolute atomic E-state index is 10.7. The highest BCUT2D eigenvalue weighted by molar-refractivity contribution is 8.76. The van der Waals surface area contributed by atoms with Crippen LogP contribution in [0.3, 0.4) is 0 Å². The molecule has 0 radical (unpaired) electrons. The maximum atomic E-state index is 10.7. The maximum Gasteiger partial charge on any atom is 0.306 e. The number of hydrogen-bond donors (Lipinski definition) is 4. The van der Waals surface area contributed by atoms with Crippen molar-refractivity contribution in [1.82, 2.24) is 0 Å². The van der Waals surface area contributed by atoms with E-state index in [1.807, 2.05) is 0 Å². The van der Waals surface area contributed by atoms with E-state index >= 15 is 0 Å². The molecule has 0 amide bonds. The lowest BCUT2D eigenvalue weighted by Gasteiger charge is -2.15. The van der Waals surface area contributed by atoms with Crippen LogP contribution in [0.4, 0.5) is 0 Å². The molecule has 0 aliphatic heterocycles. The summed E-state index contributed by atoms with van der Waals surface area (Å²) in [6.45, 7) is 3.28. The molecule has 6 nitrogen and oxygen atoms in total. The lowest BCUT2D eigenvalue weighted by Crippen LogP contribution is -2.29. The molecular formula is C12H24N2O4S2. The van der Waals surface area contributed by atoms with Crippen molar-refractivity contribution in [3.8, 4) is 0 Å². The Morgan fingerprint density at radius 2 is 1.20 bits per heavy atom. The van der Waals surface area contributed by atoms with E-state index < -0.39 is 23.8 Å². The van der Waals surface area contributed by atoms with Crippen LogP contribution in [0.2, 0.25) is 0 Å². The molecule has 0 saturated heterocycles. The van der Waals surface area contributed by atoms with Crippen LogP contribution in [0, 0.1) is 11.8 Å². The molecule has 0 saturated carbocycles. The molecular weight excluding hydrogens is 300 g/mol. The van der Waals surface area contributed by atoms with Gasteiger partial charge in [0, 0.05) is 23.6 Å². The minimum absolute atomic E-state index is 0.159. The highest BCUT2D eigenvalue weighted by atomic mass is 33.1. The fourth-order valence-corrected chi connectivity index (χ4v) is 3.96. The lowest BCUT2D eigenvalue weighted by atomic mass is 10.0. The largest absolute Gasteiger partial charge is 0.481 e. The van der Waals surface area contributed by atoms with Crippen LogP contribution >= 0.6 is 21.6 Å². The molecule has 0 fully saturated rings. The topological polar surface area (TPSA) is 127 Å². The van der Waals surface area contributed by atoms with Crippen LogP contribution in [0.5, 0.6) is 0 Å². The Morgan fingerprint density at radius 1 is 0.900 bits per heavy atom. The Hall–Kier alpha value is -0.440. The van der Waals surface area contributed by atoms with Gasteiger partial charge in [-0.3, -0.25) is 9.59 Å². The number of carboxylic acids is 2. The molecule has 8 heteroatoms. The van der Waals surface area contributed by atoms with E-state index in [4.69, 9.17) is 21.7 Å². The molecule has 4 atom stereocenters. The van der Waals surface area contributed by atoms with Gasteiger partial charge in [0.2, 0.25) is 0 Å². The summed E-state index contributed by atoms with van der Waals surface area (Å²) in [6, 6.07) is -0.319. The second kappa shape index (κ2) is 10.3. The number of nitrogens with two attached hydrogens (primary N) is 2. The minimum Gasteiger partial charge on any atom is -0.481 e. The Labute approximate surface area is 127 Å². The Balaban J connectivity index is 3.70. The van der Waals surface area contributed by atoms with Crippen LogP contribution in [-0.2, 0) is 9.59 Å². The smallest absolute Gasteiger partial charge is 0.306 e. The highest BCUT2D eigenvalue weighted by Crippen LogP contribution is 2.24. The SMILES string of the molecule is CC(CC(N)CSSCC(N)CC(C)C(=O)O)C(=O)O. The molecule has 0 aliphatic rings. The van der Waals surface area contributed by atoms with Gasteiger partial charge in [-0.2, -0.15) is 0 Å². The van der Waals surface area contributed by atoms with Crippen molar-refractivity contribution in [1.29, 1.82) is 0 Å². The molecule has 0 aromatic rings. The Morgan fingerprint density at radius 3 is 1.45 bits per heavy atom. The summed E-state index contributed by atoms with van der Waals surface area (Å²) < 4.78 is 0. The number of hydrogen-bond acceptors (Lipinski definition) is 6. The van der Waals surface area contributed by atoms with Crippen molar-refractivity contribution in [2.45, 2.75) is 38.8 Å². The quantitative estimate of drug-likeness (QED) is 0.330. The van der Waals surface area contributed by atoms with E-state index in [1.54, 1.807) is 35.4 Å². The number of carbonyl (C=O) groups is 2. The third-order valence-electron chi connectivity index (χ3n) is 2.80. The van der Waals surface area contributed by atoms with Crippen molar-refractivity contribution in [3.63, 3.8) is 0 Å². The first-order valence-electron chi connectivity index (χ1n) is 6.45. The van der Waals surface area contributed by atoms with Gasteiger partial charge in [0.1, 0.15) is 0 Å². The van der Waals surface area contributed by atoms with Crippen LogP contribution in [0.1, 0.15) is 26.7 Å². The van der Waals surface area contributed by atoms with E-state index in [0.29, 0.717) is 24.3 Å². The van der Waals surface area contributed by atoms with Gasteiger partial charge in [0.15, 0.2) is 0 Å². The van der Waals surface area contributed by atoms with E-state index in [0.717, 1.165) is 0 Å². The summed E-state index contributed by atoms with van der Waals surface area (Å²) in [5, 5.41) is 17.5. The molecule has 0 rings (SSSR count). The normalized spacial score (nSPS) is 17.2. The van der Waals surface area contributed by atoms with Gasteiger partial charge in [-0.25, -0.2) is 0 Å². The summed E-state index contributed by atoms with van der Waals surface area (Å²) in [4.78, 5) is 21.4. The van der Waals surface area contributed by atoms with E-state index in [2.05, 4.69) is 0 Å². The molecule has 0 heterocycles. The second-order valence-electron chi connectivity index (χ2n) is 5.04. The molecule has 0 bridgehead atoms. The van der Waals surface area contributed by atoms with Crippen molar-refractivity contribution < 1.29 is 19.8 Å². The van der Waals surface area contributed by atoms with Gasteiger partial charge < -0.3 is 21.7 Å². The van der Waals surface area contributed by atoms with Crippen molar-refractivity contribution in [3.05, 3.63) is 0 Å². The summed E-state index contributed by atoms with van der Waals surface area (Å²) in [6.07, 6.45) is 0.899. The number of aliphatic carboxylic acids is 2. The van der Waals surface area contributed by atoms with Crippen molar-refractivity contribution >= 4 is 33.5 Å². The van der Waals surface area contributed by atoms with E-state index in [9.17, 15) is 9.59 Å². The second-order valence-corrected chi connectivity index (χ2v) is 7.59. The zero-order chi connectivity index (χ0) is 15.7. The summed E-state index contributed by atoms with van der Waals surface area (Å²) >= 11 is 0. The predicted octanol–water partition coefficient (Wildman–Crippen LogP) is 1.24. The zero-order valence-electron chi connectivity index (χ0n) is 11.8. The Bertz CT molecular complexity index is 288. The van der Waals surface area contributed by atoms with Gasteiger partial charge in [-0.15, -0.1) is 0 Å². The van der Waals surface area contributed by atoms with E-state index in [-0.39, 0.29) is 12.1 Å². The monoisotopic (exact) mass is 324 g/mol. The van der Waals surface area contributed by atoms with Crippen LogP contribution < -0.4 is 11.5 Å². The van der Waals surface area contributed by atoms with Crippen LogP contribution in [-0.4, -0.2) is 45.7 Å². The van der Waals surface area contributed by atoms with Gasteiger partial charge >= 0.3 is 11.9 Å². The third kappa shape index (κ3) is 9.46. The molecule has 6 N–H and O–H groups in total. The first kappa shape index (κ1) is 19.6.